The van der Waals surface area contributed by atoms with Crippen molar-refractivity contribution in [2.75, 3.05) is 6.54 Å². The van der Waals surface area contributed by atoms with Crippen LogP contribution in [0.1, 0.15) is 28.2 Å². The summed E-state index contributed by atoms with van der Waals surface area (Å²) in [5, 5.41) is 11.6. The third-order valence-corrected chi connectivity index (χ3v) is 3.85. The average Bonchev–Trinajstić information content (AvgIpc) is 2.71. The summed E-state index contributed by atoms with van der Waals surface area (Å²) in [7, 11) is 0. The van der Waals surface area contributed by atoms with Crippen molar-refractivity contribution in [1.29, 1.82) is 0 Å². The van der Waals surface area contributed by atoms with E-state index in [9.17, 15) is 4.79 Å². The fourth-order valence-corrected chi connectivity index (χ4v) is 3.12. The number of carboxylic acids is 1. The first-order valence-corrected chi connectivity index (χ1v) is 6.10. The van der Waals surface area contributed by atoms with E-state index in [2.05, 4.69) is 11.4 Å². The molecule has 0 spiro atoms. The highest BCUT2D eigenvalue weighted by Gasteiger charge is 2.14. The lowest BCUT2D eigenvalue weighted by Crippen LogP contribution is -2.16. The number of aliphatic carboxylic acids is 1. The molecule has 0 radical (unpaired) electrons. The lowest BCUT2D eigenvalue weighted by atomic mass is 10.2. The van der Waals surface area contributed by atoms with E-state index in [1.807, 2.05) is 11.3 Å². The van der Waals surface area contributed by atoms with E-state index in [0.717, 1.165) is 6.54 Å². The fourth-order valence-electron chi connectivity index (χ4n) is 1.88. The zero-order valence-electron chi connectivity index (χ0n) is 8.58. The predicted molar refractivity (Wildman–Crippen MR) is 60.3 cm³/mol. The van der Waals surface area contributed by atoms with Gasteiger partial charge in [0, 0.05) is 22.8 Å². The lowest BCUT2D eigenvalue weighted by molar-refractivity contribution is -0.136. The van der Waals surface area contributed by atoms with Crippen LogP contribution in [0, 0.1) is 0 Å². The van der Waals surface area contributed by atoms with Crippen molar-refractivity contribution in [2.24, 2.45) is 0 Å². The topological polar surface area (TPSA) is 49.3 Å². The van der Waals surface area contributed by atoms with E-state index in [4.69, 9.17) is 5.11 Å². The van der Waals surface area contributed by atoms with Crippen LogP contribution < -0.4 is 5.32 Å². The van der Waals surface area contributed by atoms with Gasteiger partial charge in [0.25, 0.3) is 0 Å². The minimum atomic E-state index is -0.740. The largest absolute Gasteiger partial charge is 0.481 e. The predicted octanol–water partition coefficient (Wildman–Crippen LogP) is 1.80. The third kappa shape index (κ3) is 2.79. The number of thiophene rings is 1. The first-order chi connectivity index (χ1) is 7.25. The Hall–Kier alpha value is -0.870. The molecule has 0 atom stereocenters. The van der Waals surface area contributed by atoms with Gasteiger partial charge < -0.3 is 10.4 Å². The van der Waals surface area contributed by atoms with Gasteiger partial charge in [0.2, 0.25) is 0 Å². The second kappa shape index (κ2) is 4.77. The van der Waals surface area contributed by atoms with Gasteiger partial charge in [-0.2, -0.15) is 0 Å². The fraction of sp³-hybridized carbons (Fsp3) is 0.545. The van der Waals surface area contributed by atoms with Crippen LogP contribution >= 0.6 is 11.3 Å². The molecule has 0 saturated heterocycles. The minimum Gasteiger partial charge on any atom is -0.481 e. The molecule has 15 heavy (non-hydrogen) atoms. The van der Waals surface area contributed by atoms with Crippen LogP contribution in [0.15, 0.2) is 6.07 Å². The van der Waals surface area contributed by atoms with Crippen molar-refractivity contribution in [3.05, 3.63) is 21.4 Å². The smallest absolute Gasteiger partial charge is 0.304 e. The van der Waals surface area contributed by atoms with Crippen LogP contribution in [-0.4, -0.2) is 17.6 Å². The Kier molecular flexibility index (Phi) is 3.38. The standard InChI is InChI=1S/C11H15NO2S/c13-11(14)4-5-12-7-9-6-8-2-1-3-10(8)15-9/h6,12H,1-5,7H2,(H,13,14). The molecule has 0 saturated carbocycles. The summed E-state index contributed by atoms with van der Waals surface area (Å²) >= 11 is 1.87. The molecular formula is C11H15NO2S. The lowest BCUT2D eigenvalue weighted by Gasteiger charge is -1.99. The van der Waals surface area contributed by atoms with Crippen LogP contribution in [0.2, 0.25) is 0 Å². The van der Waals surface area contributed by atoms with Crippen LogP contribution in [0.5, 0.6) is 0 Å². The number of rotatable bonds is 5. The molecule has 1 aromatic heterocycles. The summed E-state index contributed by atoms with van der Waals surface area (Å²) < 4.78 is 0. The number of carboxylic acid groups (broad SMARTS) is 1. The highest BCUT2D eigenvalue weighted by Crippen LogP contribution is 2.30. The molecule has 0 aromatic carbocycles. The highest BCUT2D eigenvalue weighted by molar-refractivity contribution is 7.12. The van der Waals surface area contributed by atoms with Gasteiger partial charge >= 0.3 is 5.97 Å². The molecule has 1 aliphatic carbocycles. The molecule has 3 nitrogen and oxygen atoms in total. The van der Waals surface area contributed by atoms with Crippen molar-refractivity contribution >= 4 is 17.3 Å². The van der Waals surface area contributed by atoms with Crippen molar-refractivity contribution < 1.29 is 9.90 Å². The summed E-state index contributed by atoms with van der Waals surface area (Å²) in [5.74, 6) is -0.740. The molecule has 82 valence electrons. The number of hydrogen-bond donors (Lipinski definition) is 2. The summed E-state index contributed by atoms with van der Waals surface area (Å²) in [6, 6.07) is 2.26. The van der Waals surface area contributed by atoms with Crippen LogP contribution in [-0.2, 0) is 24.2 Å². The van der Waals surface area contributed by atoms with Crippen LogP contribution in [0.3, 0.4) is 0 Å². The van der Waals surface area contributed by atoms with Crippen LogP contribution in [0.4, 0.5) is 0 Å². The van der Waals surface area contributed by atoms with Crippen molar-refractivity contribution in [1.82, 2.24) is 5.32 Å². The Morgan fingerprint density at radius 2 is 2.40 bits per heavy atom. The van der Waals surface area contributed by atoms with Crippen molar-refractivity contribution in [3.8, 4) is 0 Å². The Balaban J connectivity index is 1.77. The molecule has 2 rings (SSSR count). The molecule has 0 bridgehead atoms. The molecule has 0 unspecified atom stereocenters. The molecule has 0 aliphatic heterocycles. The van der Waals surface area contributed by atoms with E-state index in [0.29, 0.717) is 6.54 Å². The van der Waals surface area contributed by atoms with E-state index >= 15 is 0 Å². The SMILES string of the molecule is O=C(O)CCNCc1cc2c(s1)CCC2. The molecule has 1 aromatic rings. The summed E-state index contributed by atoms with van der Waals surface area (Å²) in [6.07, 6.45) is 3.95. The minimum absolute atomic E-state index is 0.199. The van der Waals surface area contributed by atoms with E-state index in [1.165, 1.54) is 34.6 Å². The van der Waals surface area contributed by atoms with Gasteiger partial charge in [-0.05, 0) is 30.9 Å². The normalized spacial score (nSPS) is 14.1. The Bertz CT molecular complexity index is 338. The third-order valence-electron chi connectivity index (χ3n) is 2.61. The maximum atomic E-state index is 10.3. The second-order valence-corrected chi connectivity index (χ2v) is 5.06. The Labute approximate surface area is 93.1 Å². The monoisotopic (exact) mass is 225 g/mol. The number of aryl methyl sites for hydroxylation is 2. The maximum absolute atomic E-state index is 10.3. The van der Waals surface area contributed by atoms with Gasteiger partial charge in [0.15, 0.2) is 0 Å². The molecule has 4 heteroatoms. The van der Waals surface area contributed by atoms with E-state index in [-0.39, 0.29) is 6.42 Å². The van der Waals surface area contributed by atoms with Gasteiger partial charge in [-0.15, -0.1) is 11.3 Å². The number of carbonyl (C=O) groups is 1. The molecule has 2 N–H and O–H groups in total. The molecule has 1 heterocycles. The van der Waals surface area contributed by atoms with Gasteiger partial charge in [-0.25, -0.2) is 0 Å². The molecular weight excluding hydrogens is 210 g/mol. The van der Waals surface area contributed by atoms with Crippen molar-refractivity contribution in [2.45, 2.75) is 32.2 Å². The zero-order chi connectivity index (χ0) is 10.7. The number of fused-ring (bicyclic) bond motifs is 1. The molecule has 0 fully saturated rings. The van der Waals surface area contributed by atoms with Gasteiger partial charge in [-0.1, -0.05) is 0 Å². The van der Waals surface area contributed by atoms with E-state index in [1.54, 1.807) is 0 Å². The van der Waals surface area contributed by atoms with Crippen molar-refractivity contribution in [3.63, 3.8) is 0 Å². The van der Waals surface area contributed by atoms with Gasteiger partial charge in [0.05, 0.1) is 6.42 Å². The van der Waals surface area contributed by atoms with Crippen LogP contribution in [0.25, 0.3) is 0 Å². The number of hydrogen-bond acceptors (Lipinski definition) is 3. The van der Waals surface area contributed by atoms with Gasteiger partial charge in [0.1, 0.15) is 0 Å². The number of nitrogens with one attached hydrogen (secondary N) is 1. The molecule has 0 amide bonds. The first kappa shape index (κ1) is 10.6. The highest BCUT2D eigenvalue weighted by atomic mass is 32.1. The Morgan fingerprint density at radius 1 is 1.53 bits per heavy atom. The van der Waals surface area contributed by atoms with Gasteiger partial charge in [-0.3, -0.25) is 4.79 Å². The maximum Gasteiger partial charge on any atom is 0.304 e. The summed E-state index contributed by atoms with van der Waals surface area (Å²) in [4.78, 5) is 13.2. The Morgan fingerprint density at radius 3 is 3.13 bits per heavy atom. The average molecular weight is 225 g/mol. The quantitative estimate of drug-likeness (QED) is 0.751. The summed E-state index contributed by atoms with van der Waals surface area (Å²) in [5.41, 5.74) is 1.51. The zero-order valence-corrected chi connectivity index (χ0v) is 9.40. The first-order valence-electron chi connectivity index (χ1n) is 5.28. The summed E-state index contributed by atoms with van der Waals surface area (Å²) in [6.45, 7) is 1.36. The molecule has 1 aliphatic rings. The van der Waals surface area contributed by atoms with E-state index < -0.39 is 5.97 Å². The second-order valence-electron chi connectivity index (χ2n) is 3.84.